The van der Waals surface area contributed by atoms with Crippen molar-refractivity contribution in [2.24, 2.45) is 0 Å². The van der Waals surface area contributed by atoms with Gasteiger partial charge in [-0.25, -0.2) is 14.4 Å². The average molecular weight is 437 g/mol. The summed E-state index contributed by atoms with van der Waals surface area (Å²) in [5, 5.41) is 7.26. The van der Waals surface area contributed by atoms with Crippen LogP contribution in [0.15, 0.2) is 36.5 Å². The smallest absolute Gasteiger partial charge is 0.274 e. The second-order valence-corrected chi connectivity index (χ2v) is 8.74. The van der Waals surface area contributed by atoms with Gasteiger partial charge in [0.05, 0.1) is 11.7 Å². The number of benzene rings is 1. The minimum absolute atomic E-state index is 0.104. The van der Waals surface area contributed by atoms with Crippen molar-refractivity contribution in [3.63, 3.8) is 0 Å². The first kappa shape index (κ1) is 21.9. The number of anilines is 1. The number of H-pyrrole nitrogens is 1. The lowest BCUT2D eigenvalue weighted by Crippen LogP contribution is -2.39. The van der Waals surface area contributed by atoms with E-state index in [0.29, 0.717) is 18.2 Å². The average Bonchev–Trinajstić information content (AvgIpc) is 3.29. The molecule has 1 aliphatic rings. The topological polar surface area (TPSA) is 78.0 Å². The van der Waals surface area contributed by atoms with Crippen molar-refractivity contribution < 1.29 is 9.18 Å². The number of rotatable bonds is 5. The van der Waals surface area contributed by atoms with E-state index in [1.54, 1.807) is 18.3 Å². The van der Waals surface area contributed by atoms with Gasteiger partial charge in [0.1, 0.15) is 11.5 Å². The van der Waals surface area contributed by atoms with Crippen LogP contribution in [0.1, 0.15) is 66.9 Å². The monoisotopic (exact) mass is 436 g/mol. The molecule has 1 atom stereocenters. The van der Waals surface area contributed by atoms with Crippen molar-refractivity contribution in [3.8, 4) is 11.1 Å². The number of hydrogen-bond acceptors (Lipinski definition) is 5. The third-order valence-corrected chi connectivity index (χ3v) is 5.88. The lowest BCUT2D eigenvalue weighted by molar-refractivity contribution is 0.0600. The van der Waals surface area contributed by atoms with Crippen molar-refractivity contribution in [3.05, 3.63) is 59.4 Å². The molecule has 1 aliphatic heterocycles. The van der Waals surface area contributed by atoms with E-state index in [1.807, 2.05) is 30.0 Å². The van der Waals surface area contributed by atoms with E-state index in [-0.39, 0.29) is 23.7 Å². The highest BCUT2D eigenvalue weighted by atomic mass is 19.1. The zero-order valence-corrected chi connectivity index (χ0v) is 19.0. The lowest BCUT2D eigenvalue weighted by Gasteiger charge is -2.36. The first-order chi connectivity index (χ1) is 15.3. The molecule has 168 valence electrons. The predicted molar refractivity (Wildman–Crippen MR) is 122 cm³/mol. The minimum Gasteiger partial charge on any atom is -0.347 e. The Morgan fingerprint density at radius 2 is 1.97 bits per heavy atom. The molecule has 0 bridgehead atoms. The molecule has 1 fully saturated rings. The number of aromatic amines is 1. The molecule has 1 aromatic carbocycles. The summed E-state index contributed by atoms with van der Waals surface area (Å²) in [6, 6.07) is 7.94. The van der Waals surface area contributed by atoms with Crippen LogP contribution < -0.4 is 4.90 Å². The molecule has 3 aromatic rings. The number of carbonyl (C=O) groups is 1. The number of nitrogens with one attached hydrogen (secondary N) is 1. The van der Waals surface area contributed by atoms with Crippen LogP contribution in [0.3, 0.4) is 0 Å². The summed E-state index contributed by atoms with van der Waals surface area (Å²) < 4.78 is 13.5. The number of halogens is 1. The van der Waals surface area contributed by atoms with Gasteiger partial charge < -0.3 is 9.80 Å². The number of aromatic nitrogens is 4. The molecule has 0 saturated carbocycles. The Hall–Kier alpha value is -3.29. The van der Waals surface area contributed by atoms with Gasteiger partial charge in [-0.2, -0.15) is 5.10 Å². The normalized spacial score (nSPS) is 16.4. The summed E-state index contributed by atoms with van der Waals surface area (Å²) >= 11 is 0. The van der Waals surface area contributed by atoms with Gasteiger partial charge in [0.25, 0.3) is 5.91 Å². The first-order valence-corrected chi connectivity index (χ1v) is 11.0. The highest BCUT2D eigenvalue weighted by Crippen LogP contribution is 2.37. The molecule has 32 heavy (non-hydrogen) atoms. The van der Waals surface area contributed by atoms with Gasteiger partial charge in [-0.3, -0.25) is 9.89 Å². The van der Waals surface area contributed by atoms with Crippen LogP contribution in [0.5, 0.6) is 0 Å². The second kappa shape index (κ2) is 9.06. The molecule has 4 rings (SSSR count). The van der Waals surface area contributed by atoms with E-state index in [0.717, 1.165) is 41.8 Å². The number of amides is 1. The SMILES string of the molecule is CC(C)c1cc(C(=O)N2CCCCC2c2nc(N(C)C)ncc2-c2ccc(F)cc2)n[nH]1. The molecule has 1 amide bonds. The summed E-state index contributed by atoms with van der Waals surface area (Å²) in [6.07, 6.45) is 4.50. The van der Waals surface area contributed by atoms with Crippen molar-refractivity contribution in [2.45, 2.75) is 45.1 Å². The van der Waals surface area contributed by atoms with Crippen LogP contribution >= 0.6 is 0 Å². The van der Waals surface area contributed by atoms with Crippen LogP contribution in [-0.2, 0) is 0 Å². The fraction of sp³-hybridized carbons (Fsp3) is 0.417. The summed E-state index contributed by atoms with van der Waals surface area (Å²) in [5.41, 5.74) is 3.77. The standard InChI is InChI=1S/C24H29FN6O/c1-15(2)19-13-20(29-28-19)23(32)31-12-6-5-7-21(31)22-18(14-26-24(27-22)30(3)4)16-8-10-17(25)11-9-16/h8-11,13-15,21H,5-7,12H2,1-4H3,(H,28,29). The molecule has 2 aromatic heterocycles. The van der Waals surface area contributed by atoms with Crippen molar-refractivity contribution >= 4 is 11.9 Å². The molecule has 0 spiro atoms. The van der Waals surface area contributed by atoms with Gasteiger partial charge in [0, 0.05) is 38.1 Å². The zero-order valence-electron chi connectivity index (χ0n) is 19.0. The van der Waals surface area contributed by atoms with Crippen LogP contribution in [0.4, 0.5) is 10.3 Å². The molecule has 1 saturated heterocycles. The molecule has 0 radical (unpaired) electrons. The van der Waals surface area contributed by atoms with Crippen molar-refractivity contribution in [1.82, 2.24) is 25.1 Å². The highest BCUT2D eigenvalue weighted by molar-refractivity contribution is 5.93. The Morgan fingerprint density at radius 3 is 2.62 bits per heavy atom. The Balaban J connectivity index is 1.76. The Kier molecular flexibility index (Phi) is 6.21. The number of piperidine rings is 1. The third kappa shape index (κ3) is 4.35. The summed E-state index contributed by atoms with van der Waals surface area (Å²) in [7, 11) is 3.77. The maximum absolute atomic E-state index is 13.5. The Labute approximate surface area is 187 Å². The van der Waals surface area contributed by atoms with Crippen molar-refractivity contribution in [1.29, 1.82) is 0 Å². The molecule has 8 heteroatoms. The fourth-order valence-corrected chi connectivity index (χ4v) is 4.05. The van der Waals surface area contributed by atoms with Crippen molar-refractivity contribution in [2.75, 3.05) is 25.5 Å². The molecule has 7 nitrogen and oxygen atoms in total. The van der Waals surface area contributed by atoms with Gasteiger partial charge in [0.15, 0.2) is 0 Å². The van der Waals surface area contributed by atoms with E-state index in [4.69, 9.17) is 4.98 Å². The molecule has 1 unspecified atom stereocenters. The van der Waals surface area contributed by atoms with E-state index in [2.05, 4.69) is 29.0 Å². The fourth-order valence-electron chi connectivity index (χ4n) is 4.05. The van der Waals surface area contributed by atoms with Gasteiger partial charge in [0.2, 0.25) is 5.95 Å². The number of carbonyl (C=O) groups excluding carboxylic acids is 1. The minimum atomic E-state index is -0.296. The molecule has 0 aliphatic carbocycles. The zero-order chi connectivity index (χ0) is 22.8. The van der Waals surface area contributed by atoms with Crippen LogP contribution in [0, 0.1) is 5.82 Å². The van der Waals surface area contributed by atoms with Gasteiger partial charge in [-0.1, -0.05) is 26.0 Å². The van der Waals surface area contributed by atoms with E-state index >= 15 is 0 Å². The summed E-state index contributed by atoms with van der Waals surface area (Å²) in [4.78, 5) is 26.5. The second-order valence-electron chi connectivity index (χ2n) is 8.74. The molecular formula is C24H29FN6O. The van der Waals surface area contributed by atoms with Crippen LogP contribution in [0.2, 0.25) is 0 Å². The Bertz CT molecular complexity index is 1090. The van der Waals surface area contributed by atoms with Gasteiger partial charge in [-0.15, -0.1) is 0 Å². The maximum Gasteiger partial charge on any atom is 0.274 e. The first-order valence-electron chi connectivity index (χ1n) is 11.0. The maximum atomic E-state index is 13.5. The summed E-state index contributed by atoms with van der Waals surface area (Å²) in [5.74, 6) is 0.435. The third-order valence-electron chi connectivity index (χ3n) is 5.88. The highest BCUT2D eigenvalue weighted by Gasteiger charge is 2.33. The van der Waals surface area contributed by atoms with E-state index < -0.39 is 0 Å². The Morgan fingerprint density at radius 1 is 1.22 bits per heavy atom. The summed E-state index contributed by atoms with van der Waals surface area (Å²) in [6.45, 7) is 4.76. The number of hydrogen-bond donors (Lipinski definition) is 1. The lowest BCUT2D eigenvalue weighted by atomic mass is 9.93. The van der Waals surface area contributed by atoms with Crippen LogP contribution in [-0.4, -0.2) is 51.6 Å². The number of nitrogens with zero attached hydrogens (tertiary/aromatic N) is 5. The molecule has 1 N–H and O–H groups in total. The quantitative estimate of drug-likeness (QED) is 0.634. The molecular weight excluding hydrogens is 407 g/mol. The van der Waals surface area contributed by atoms with Crippen LogP contribution in [0.25, 0.3) is 11.1 Å². The largest absolute Gasteiger partial charge is 0.347 e. The number of likely N-dealkylation sites (tertiary alicyclic amines) is 1. The van der Waals surface area contributed by atoms with E-state index in [1.165, 1.54) is 12.1 Å². The van der Waals surface area contributed by atoms with E-state index in [9.17, 15) is 9.18 Å². The van der Waals surface area contributed by atoms with Gasteiger partial charge >= 0.3 is 0 Å². The molecule has 3 heterocycles. The van der Waals surface area contributed by atoms with Gasteiger partial charge in [-0.05, 0) is 48.9 Å². The predicted octanol–water partition coefficient (Wildman–Crippen LogP) is 4.56.